The molecule has 0 bridgehead atoms. The third-order valence-corrected chi connectivity index (χ3v) is 3.12. The molecule has 0 unspecified atom stereocenters. The predicted molar refractivity (Wildman–Crippen MR) is 74.3 cm³/mol. The summed E-state index contributed by atoms with van der Waals surface area (Å²) in [7, 11) is -1.50. The molecule has 0 radical (unpaired) electrons. The van der Waals surface area contributed by atoms with E-state index in [0.29, 0.717) is 16.2 Å². The molecule has 5 nitrogen and oxygen atoms in total. The Kier molecular flexibility index (Phi) is 4.09. The molecule has 92 valence electrons. The number of nitrogens with zero attached hydrogens (tertiary/aromatic N) is 2. The second-order valence-corrected chi connectivity index (χ2v) is 4.52. The molecule has 18 heavy (non-hydrogen) atoms. The van der Waals surface area contributed by atoms with E-state index >= 15 is 0 Å². The van der Waals surface area contributed by atoms with Crippen LogP contribution in [-0.2, 0) is 0 Å². The van der Waals surface area contributed by atoms with Crippen LogP contribution in [0.3, 0.4) is 0 Å². The summed E-state index contributed by atoms with van der Waals surface area (Å²) in [5, 5.41) is 25.0. The lowest BCUT2D eigenvalue weighted by molar-refractivity contribution is 0.425. The largest absolute Gasteiger partial charge is 0.489 e. The quantitative estimate of drug-likeness (QED) is 0.427. The van der Waals surface area contributed by atoms with Crippen LogP contribution in [0, 0.1) is 6.92 Å². The number of hydrogen-bond acceptors (Lipinski definition) is 6. The molecule has 1 aromatic heterocycles. The first-order valence-electron chi connectivity index (χ1n) is 5.33. The first kappa shape index (κ1) is 12.8. The van der Waals surface area contributed by atoms with Crippen LogP contribution in [0.2, 0.25) is 0 Å². The van der Waals surface area contributed by atoms with Crippen molar-refractivity contribution in [3.8, 4) is 0 Å². The maximum Gasteiger partial charge on any atom is 0.489 e. The Morgan fingerprint density at radius 3 is 2.83 bits per heavy atom. The Hall–Kier alpha value is -1.70. The molecule has 0 fully saturated rings. The SMILES string of the molecule is Cc1csc(NN=Cc2ccccc2B(O)O)n1. The minimum absolute atomic E-state index is 0.415. The normalized spacial score (nSPS) is 10.8. The summed E-state index contributed by atoms with van der Waals surface area (Å²) in [5.74, 6) is 0. The van der Waals surface area contributed by atoms with E-state index in [-0.39, 0.29) is 0 Å². The number of benzene rings is 1. The summed E-state index contributed by atoms with van der Waals surface area (Å²) in [5.41, 5.74) is 4.79. The van der Waals surface area contributed by atoms with Crippen molar-refractivity contribution in [1.82, 2.24) is 4.98 Å². The highest BCUT2D eigenvalue weighted by atomic mass is 32.1. The maximum atomic E-state index is 9.19. The molecular weight excluding hydrogens is 249 g/mol. The lowest BCUT2D eigenvalue weighted by atomic mass is 9.77. The van der Waals surface area contributed by atoms with Gasteiger partial charge < -0.3 is 10.0 Å². The Balaban J connectivity index is 2.09. The summed E-state index contributed by atoms with van der Waals surface area (Å²) >= 11 is 1.46. The Labute approximate surface area is 109 Å². The second kappa shape index (κ2) is 5.77. The van der Waals surface area contributed by atoms with E-state index in [1.165, 1.54) is 17.6 Å². The third kappa shape index (κ3) is 3.16. The second-order valence-electron chi connectivity index (χ2n) is 3.67. The van der Waals surface area contributed by atoms with Crippen molar-refractivity contribution in [3.63, 3.8) is 0 Å². The van der Waals surface area contributed by atoms with Crippen LogP contribution in [0.25, 0.3) is 0 Å². The van der Waals surface area contributed by atoms with Crippen molar-refractivity contribution < 1.29 is 10.0 Å². The fraction of sp³-hybridized carbons (Fsp3) is 0.0909. The van der Waals surface area contributed by atoms with Crippen LogP contribution in [0.5, 0.6) is 0 Å². The highest BCUT2D eigenvalue weighted by Gasteiger charge is 2.13. The molecule has 1 aromatic carbocycles. The maximum absolute atomic E-state index is 9.19. The lowest BCUT2D eigenvalue weighted by Gasteiger charge is -2.03. The number of hydrazone groups is 1. The molecule has 7 heteroatoms. The van der Waals surface area contributed by atoms with Crippen molar-refractivity contribution in [2.24, 2.45) is 5.10 Å². The Morgan fingerprint density at radius 1 is 1.39 bits per heavy atom. The minimum Gasteiger partial charge on any atom is -0.423 e. The molecule has 0 atom stereocenters. The molecule has 2 rings (SSSR count). The van der Waals surface area contributed by atoms with Gasteiger partial charge in [0.1, 0.15) is 0 Å². The van der Waals surface area contributed by atoms with E-state index in [4.69, 9.17) is 0 Å². The smallest absolute Gasteiger partial charge is 0.423 e. The van der Waals surface area contributed by atoms with Gasteiger partial charge in [0.25, 0.3) is 0 Å². The van der Waals surface area contributed by atoms with Gasteiger partial charge in [-0.25, -0.2) is 4.98 Å². The van der Waals surface area contributed by atoms with Gasteiger partial charge in [0.2, 0.25) is 5.13 Å². The number of anilines is 1. The van der Waals surface area contributed by atoms with E-state index < -0.39 is 7.12 Å². The molecule has 3 N–H and O–H groups in total. The molecule has 0 aliphatic heterocycles. The van der Waals surface area contributed by atoms with Gasteiger partial charge in [0.05, 0.1) is 11.9 Å². The van der Waals surface area contributed by atoms with Gasteiger partial charge in [0.15, 0.2) is 0 Å². The zero-order valence-corrected chi connectivity index (χ0v) is 10.6. The highest BCUT2D eigenvalue weighted by molar-refractivity contribution is 7.13. The molecule has 2 aromatic rings. The Morgan fingerprint density at radius 2 is 2.17 bits per heavy atom. The van der Waals surface area contributed by atoms with E-state index in [1.807, 2.05) is 12.3 Å². The van der Waals surface area contributed by atoms with Crippen molar-refractivity contribution >= 4 is 35.3 Å². The number of aryl methyl sites for hydroxylation is 1. The molecule has 1 heterocycles. The highest BCUT2D eigenvalue weighted by Crippen LogP contribution is 2.13. The fourth-order valence-electron chi connectivity index (χ4n) is 1.43. The van der Waals surface area contributed by atoms with Crippen LogP contribution < -0.4 is 10.9 Å². The Bertz CT molecular complexity index is 557. The number of rotatable bonds is 4. The summed E-state index contributed by atoms with van der Waals surface area (Å²) in [6, 6.07) is 6.94. The molecule has 0 spiro atoms. The zero-order valence-electron chi connectivity index (χ0n) is 9.74. The van der Waals surface area contributed by atoms with Crippen LogP contribution >= 0.6 is 11.3 Å². The molecule has 0 amide bonds. The average molecular weight is 261 g/mol. The van der Waals surface area contributed by atoms with E-state index in [9.17, 15) is 10.0 Å². The molecule has 0 aliphatic carbocycles. The van der Waals surface area contributed by atoms with Crippen LogP contribution in [0.15, 0.2) is 34.7 Å². The van der Waals surface area contributed by atoms with E-state index in [2.05, 4.69) is 15.5 Å². The summed E-state index contributed by atoms with van der Waals surface area (Å²) < 4.78 is 0. The lowest BCUT2D eigenvalue weighted by Crippen LogP contribution is -2.32. The van der Waals surface area contributed by atoms with E-state index in [0.717, 1.165) is 5.69 Å². The van der Waals surface area contributed by atoms with Crippen LogP contribution in [0.1, 0.15) is 11.3 Å². The van der Waals surface area contributed by atoms with Crippen molar-refractivity contribution in [2.75, 3.05) is 5.43 Å². The number of hydrogen-bond donors (Lipinski definition) is 3. The first-order valence-corrected chi connectivity index (χ1v) is 6.21. The van der Waals surface area contributed by atoms with Gasteiger partial charge in [-0.3, -0.25) is 5.43 Å². The third-order valence-electron chi connectivity index (χ3n) is 2.26. The van der Waals surface area contributed by atoms with Gasteiger partial charge >= 0.3 is 7.12 Å². The van der Waals surface area contributed by atoms with E-state index in [1.54, 1.807) is 24.3 Å². The van der Waals surface area contributed by atoms with Gasteiger partial charge in [-0.15, -0.1) is 11.3 Å². The van der Waals surface area contributed by atoms with Gasteiger partial charge in [-0.2, -0.15) is 5.10 Å². The van der Waals surface area contributed by atoms with Crippen LogP contribution in [-0.4, -0.2) is 28.4 Å². The first-order chi connectivity index (χ1) is 8.66. The standard InChI is InChI=1S/C11H12BN3O2S/c1-8-7-18-11(14-8)15-13-6-9-4-2-3-5-10(9)12(16)17/h2-7,16-17H,1H3,(H,14,15). The van der Waals surface area contributed by atoms with Gasteiger partial charge in [0, 0.05) is 5.38 Å². The predicted octanol–water partition coefficient (Wildman–Crippen LogP) is 0.577. The summed E-state index contributed by atoms with van der Waals surface area (Å²) in [4.78, 5) is 4.19. The molecule has 0 aliphatic rings. The monoisotopic (exact) mass is 261 g/mol. The molecule has 0 saturated heterocycles. The van der Waals surface area contributed by atoms with Gasteiger partial charge in [-0.05, 0) is 17.9 Å². The average Bonchev–Trinajstić information content (AvgIpc) is 2.75. The minimum atomic E-state index is -1.50. The molecular formula is C11H12BN3O2S. The number of aromatic nitrogens is 1. The topological polar surface area (TPSA) is 77.7 Å². The number of thiazole rings is 1. The van der Waals surface area contributed by atoms with Crippen molar-refractivity contribution in [2.45, 2.75) is 6.92 Å². The zero-order chi connectivity index (χ0) is 13.0. The summed E-state index contributed by atoms with van der Waals surface area (Å²) in [6.45, 7) is 1.91. The summed E-state index contributed by atoms with van der Waals surface area (Å²) in [6.07, 6.45) is 1.53. The fourth-order valence-corrected chi connectivity index (χ4v) is 2.06. The van der Waals surface area contributed by atoms with Gasteiger partial charge in [-0.1, -0.05) is 24.3 Å². The van der Waals surface area contributed by atoms with Crippen molar-refractivity contribution in [1.29, 1.82) is 0 Å². The molecule has 0 saturated carbocycles. The van der Waals surface area contributed by atoms with Crippen LogP contribution in [0.4, 0.5) is 5.13 Å². The van der Waals surface area contributed by atoms with Crippen molar-refractivity contribution in [3.05, 3.63) is 40.9 Å². The number of nitrogens with one attached hydrogen (secondary N) is 1.